The van der Waals surface area contributed by atoms with Gasteiger partial charge in [0.1, 0.15) is 6.10 Å². The van der Waals surface area contributed by atoms with Gasteiger partial charge >= 0.3 is 5.97 Å². The van der Waals surface area contributed by atoms with E-state index in [2.05, 4.69) is 6.92 Å². The van der Waals surface area contributed by atoms with E-state index in [-0.39, 0.29) is 29.3 Å². The summed E-state index contributed by atoms with van der Waals surface area (Å²) in [5, 5.41) is 0. The molecule has 2 aliphatic rings. The molecule has 6 heteroatoms. The van der Waals surface area contributed by atoms with Crippen LogP contribution in [-0.4, -0.2) is 18.7 Å². The average molecular weight is 531 g/mol. The van der Waals surface area contributed by atoms with Crippen molar-refractivity contribution in [2.24, 2.45) is 5.92 Å². The van der Waals surface area contributed by atoms with Crippen molar-refractivity contribution in [2.45, 2.75) is 109 Å². The molecule has 2 aromatic rings. The predicted molar refractivity (Wildman–Crippen MR) is 143 cm³/mol. The molecule has 208 valence electrons. The lowest BCUT2D eigenvalue weighted by Crippen LogP contribution is -2.24. The third-order valence-electron chi connectivity index (χ3n) is 8.50. The van der Waals surface area contributed by atoms with Crippen LogP contribution in [0.15, 0.2) is 30.3 Å². The molecular formula is C32H41F3O3. The van der Waals surface area contributed by atoms with Crippen molar-refractivity contribution in [1.29, 1.82) is 0 Å². The number of hydrogen-bond acceptors (Lipinski definition) is 3. The Kier molecular flexibility index (Phi) is 10.1. The molecule has 0 aliphatic heterocycles. The van der Waals surface area contributed by atoms with E-state index >= 15 is 8.78 Å². The van der Waals surface area contributed by atoms with Gasteiger partial charge in [-0.3, -0.25) is 0 Å². The van der Waals surface area contributed by atoms with Gasteiger partial charge in [0.05, 0.1) is 12.2 Å². The molecule has 4 rings (SSSR count). The lowest BCUT2D eigenvalue weighted by atomic mass is 9.76. The summed E-state index contributed by atoms with van der Waals surface area (Å²) in [6.45, 7) is 4.30. The molecule has 0 aromatic heterocycles. The Hall–Kier alpha value is -2.50. The summed E-state index contributed by atoms with van der Waals surface area (Å²) < 4.78 is 55.3. The number of unbranched alkanes of at least 4 members (excludes halogenated alkanes) is 2. The van der Waals surface area contributed by atoms with E-state index in [9.17, 15) is 9.18 Å². The number of benzene rings is 2. The van der Waals surface area contributed by atoms with E-state index in [1.165, 1.54) is 37.8 Å². The number of ether oxygens (including phenoxy) is 2. The van der Waals surface area contributed by atoms with Gasteiger partial charge in [0.2, 0.25) is 0 Å². The second-order valence-corrected chi connectivity index (χ2v) is 11.0. The Bertz CT molecular complexity index is 1070. The number of halogens is 3. The molecule has 0 saturated heterocycles. The second kappa shape index (κ2) is 13.5. The van der Waals surface area contributed by atoms with Crippen molar-refractivity contribution in [2.75, 3.05) is 6.61 Å². The first-order chi connectivity index (χ1) is 18.4. The Morgan fingerprint density at radius 2 is 1.42 bits per heavy atom. The van der Waals surface area contributed by atoms with E-state index in [1.807, 2.05) is 6.07 Å². The molecule has 0 N–H and O–H groups in total. The van der Waals surface area contributed by atoms with Gasteiger partial charge in [0.25, 0.3) is 0 Å². The molecule has 2 saturated carbocycles. The summed E-state index contributed by atoms with van der Waals surface area (Å²) in [6.07, 6.45) is 11.1. The van der Waals surface area contributed by atoms with Gasteiger partial charge in [-0.05, 0) is 105 Å². The van der Waals surface area contributed by atoms with Crippen LogP contribution in [-0.2, 0) is 4.74 Å². The minimum Gasteiger partial charge on any atom is -0.491 e. The highest BCUT2D eigenvalue weighted by molar-refractivity contribution is 5.89. The fraction of sp³-hybridized carbons (Fsp3) is 0.594. The van der Waals surface area contributed by atoms with Crippen molar-refractivity contribution in [3.8, 4) is 5.75 Å². The molecule has 2 aliphatic carbocycles. The van der Waals surface area contributed by atoms with Crippen LogP contribution in [0.2, 0.25) is 0 Å². The number of carbonyl (C=O) groups is 1. The normalized spacial score (nSPS) is 23.7. The Morgan fingerprint density at radius 1 is 0.816 bits per heavy atom. The summed E-state index contributed by atoms with van der Waals surface area (Å²) in [5.41, 5.74) is 1.09. The molecule has 0 heterocycles. The highest BCUT2D eigenvalue weighted by Gasteiger charge is 2.31. The maximum Gasteiger partial charge on any atom is 0.338 e. The van der Waals surface area contributed by atoms with Gasteiger partial charge < -0.3 is 9.47 Å². The smallest absolute Gasteiger partial charge is 0.338 e. The van der Waals surface area contributed by atoms with E-state index in [4.69, 9.17) is 9.47 Å². The Labute approximate surface area is 225 Å². The summed E-state index contributed by atoms with van der Waals surface area (Å²) in [4.78, 5) is 12.5. The van der Waals surface area contributed by atoms with Gasteiger partial charge in [-0.1, -0.05) is 44.7 Å². The van der Waals surface area contributed by atoms with E-state index < -0.39 is 23.4 Å². The molecule has 0 unspecified atom stereocenters. The topological polar surface area (TPSA) is 35.5 Å². The summed E-state index contributed by atoms with van der Waals surface area (Å²) >= 11 is 0. The lowest BCUT2D eigenvalue weighted by Gasteiger charge is -2.31. The van der Waals surface area contributed by atoms with E-state index in [1.54, 1.807) is 13.0 Å². The minimum absolute atomic E-state index is 0.0972. The first-order valence-electron chi connectivity index (χ1n) is 14.5. The minimum atomic E-state index is -0.710. The van der Waals surface area contributed by atoms with Crippen molar-refractivity contribution in [3.63, 3.8) is 0 Å². The SMILES string of the molecule is CCCCCC1CCC(c2ccc(C3CCC(OC(=O)c4ccc(OCC)c(F)c4)CC3)c(F)c2F)CC1. The third kappa shape index (κ3) is 6.92. The lowest BCUT2D eigenvalue weighted by molar-refractivity contribution is 0.0193. The van der Waals surface area contributed by atoms with Crippen molar-refractivity contribution in [1.82, 2.24) is 0 Å². The van der Waals surface area contributed by atoms with E-state index in [0.29, 0.717) is 43.4 Å². The van der Waals surface area contributed by atoms with Gasteiger partial charge in [-0.15, -0.1) is 0 Å². The Balaban J connectivity index is 1.30. The quantitative estimate of drug-likeness (QED) is 0.227. The Morgan fingerprint density at radius 3 is 1.97 bits per heavy atom. The maximum atomic E-state index is 15.2. The van der Waals surface area contributed by atoms with E-state index in [0.717, 1.165) is 37.7 Å². The van der Waals surface area contributed by atoms with Crippen LogP contribution in [0.3, 0.4) is 0 Å². The molecule has 2 fully saturated rings. The van der Waals surface area contributed by atoms with Crippen LogP contribution >= 0.6 is 0 Å². The van der Waals surface area contributed by atoms with Gasteiger partial charge in [-0.25, -0.2) is 18.0 Å². The predicted octanol–water partition coefficient (Wildman–Crippen LogP) is 9.24. The maximum absolute atomic E-state index is 15.2. The molecule has 2 aromatic carbocycles. The monoisotopic (exact) mass is 530 g/mol. The van der Waals surface area contributed by atoms with Crippen LogP contribution in [0.4, 0.5) is 13.2 Å². The molecule has 0 atom stereocenters. The van der Waals surface area contributed by atoms with Crippen molar-refractivity contribution >= 4 is 5.97 Å². The average Bonchev–Trinajstić information content (AvgIpc) is 2.92. The summed E-state index contributed by atoms with van der Waals surface area (Å²) in [7, 11) is 0. The molecule has 38 heavy (non-hydrogen) atoms. The van der Waals surface area contributed by atoms with Crippen molar-refractivity contribution < 1.29 is 27.4 Å². The van der Waals surface area contributed by atoms with Crippen LogP contribution < -0.4 is 4.74 Å². The van der Waals surface area contributed by atoms with Crippen LogP contribution in [0.25, 0.3) is 0 Å². The number of esters is 1. The summed E-state index contributed by atoms with van der Waals surface area (Å²) in [5.74, 6) is -1.76. The van der Waals surface area contributed by atoms with Gasteiger partial charge in [0, 0.05) is 0 Å². The summed E-state index contributed by atoms with van der Waals surface area (Å²) in [6, 6.07) is 7.62. The number of hydrogen-bond donors (Lipinski definition) is 0. The standard InChI is InChI=1S/C32H41F3O3/c1-3-5-6-7-21-8-10-22(11-9-21)26-17-18-27(31(35)30(26)34)23-12-15-25(16-13-23)38-32(36)24-14-19-29(37-4-2)28(33)20-24/h14,17-23,25H,3-13,15-16H2,1-2H3. The zero-order valence-corrected chi connectivity index (χ0v) is 22.7. The second-order valence-electron chi connectivity index (χ2n) is 11.0. The molecule has 0 bridgehead atoms. The van der Waals surface area contributed by atoms with Crippen molar-refractivity contribution in [3.05, 3.63) is 64.5 Å². The van der Waals surface area contributed by atoms with Crippen LogP contribution in [0, 0.1) is 23.4 Å². The van der Waals surface area contributed by atoms with Gasteiger partial charge in [0.15, 0.2) is 23.2 Å². The zero-order chi connectivity index (χ0) is 27.1. The fourth-order valence-electron chi connectivity index (χ4n) is 6.27. The zero-order valence-electron chi connectivity index (χ0n) is 22.7. The first-order valence-corrected chi connectivity index (χ1v) is 14.5. The highest BCUT2D eigenvalue weighted by Crippen LogP contribution is 2.42. The molecule has 3 nitrogen and oxygen atoms in total. The first kappa shape index (κ1) is 28.5. The fourth-order valence-corrected chi connectivity index (χ4v) is 6.27. The van der Waals surface area contributed by atoms with Gasteiger partial charge in [-0.2, -0.15) is 0 Å². The third-order valence-corrected chi connectivity index (χ3v) is 8.50. The molecular weight excluding hydrogens is 489 g/mol. The van der Waals surface area contributed by atoms with Crippen LogP contribution in [0.5, 0.6) is 5.75 Å². The number of carbonyl (C=O) groups excluding carboxylic acids is 1. The highest BCUT2D eigenvalue weighted by atomic mass is 19.2. The number of rotatable bonds is 10. The van der Waals surface area contributed by atoms with Crippen LogP contribution in [0.1, 0.15) is 124 Å². The molecule has 0 amide bonds. The largest absolute Gasteiger partial charge is 0.491 e. The molecule has 0 spiro atoms. The molecule has 0 radical (unpaired) electrons.